The van der Waals surface area contributed by atoms with Crippen molar-refractivity contribution in [2.45, 2.75) is 19.4 Å². The highest BCUT2D eigenvalue weighted by Crippen LogP contribution is 2.25. The lowest BCUT2D eigenvalue weighted by molar-refractivity contribution is -0.384. The summed E-state index contributed by atoms with van der Waals surface area (Å²) in [6, 6.07) is 4.66. The number of thioether (sulfide) groups is 1. The molecule has 1 unspecified atom stereocenters. The number of nitro benzene ring substituents is 1. The highest BCUT2D eigenvalue weighted by molar-refractivity contribution is 7.98. The second-order valence-electron chi connectivity index (χ2n) is 4.36. The minimum atomic E-state index is -0.492. The van der Waals surface area contributed by atoms with Gasteiger partial charge in [-0.05, 0) is 31.4 Å². The fraction of sp³-hybridized carbons (Fsp3) is 0.462. The molecule has 0 heterocycles. The van der Waals surface area contributed by atoms with Crippen LogP contribution in [0.2, 0.25) is 0 Å². The van der Waals surface area contributed by atoms with Gasteiger partial charge in [-0.25, -0.2) is 0 Å². The van der Waals surface area contributed by atoms with Gasteiger partial charge in [0.05, 0.1) is 4.92 Å². The first-order valence-electron chi connectivity index (χ1n) is 5.96. The molecule has 104 valence electrons. The van der Waals surface area contributed by atoms with E-state index < -0.39 is 4.92 Å². The first kappa shape index (κ1) is 15.5. The number of carbonyl (C=O) groups is 1. The van der Waals surface area contributed by atoms with Crippen LogP contribution in [-0.2, 0) is 0 Å². The molecule has 0 aromatic heterocycles. The van der Waals surface area contributed by atoms with Gasteiger partial charge in [0.2, 0.25) is 0 Å². The molecule has 0 amide bonds. The van der Waals surface area contributed by atoms with E-state index in [1.807, 2.05) is 11.9 Å². The number of nitro groups is 1. The predicted octanol–water partition coefficient (Wildman–Crippen LogP) is 2.99. The molecule has 0 bridgehead atoms. The number of nitrogens with zero attached hydrogens (tertiary/aromatic N) is 2. The van der Waals surface area contributed by atoms with Crippen molar-refractivity contribution in [3.8, 4) is 0 Å². The third kappa shape index (κ3) is 3.96. The lowest BCUT2D eigenvalue weighted by Gasteiger charge is -2.27. The Labute approximate surface area is 117 Å². The highest BCUT2D eigenvalue weighted by Gasteiger charge is 2.16. The zero-order valence-corrected chi connectivity index (χ0v) is 12.1. The van der Waals surface area contributed by atoms with Gasteiger partial charge in [-0.1, -0.05) is 0 Å². The van der Waals surface area contributed by atoms with Crippen LogP contribution in [0.5, 0.6) is 0 Å². The Balaban J connectivity index is 2.99. The predicted molar refractivity (Wildman–Crippen MR) is 79.3 cm³/mol. The lowest BCUT2D eigenvalue weighted by Crippen LogP contribution is -2.30. The van der Waals surface area contributed by atoms with E-state index in [2.05, 4.69) is 13.2 Å². The lowest BCUT2D eigenvalue weighted by atomic mass is 10.1. The summed E-state index contributed by atoms with van der Waals surface area (Å²) >= 11 is 1.77. The van der Waals surface area contributed by atoms with Crippen molar-refractivity contribution in [2.75, 3.05) is 24.0 Å². The van der Waals surface area contributed by atoms with E-state index >= 15 is 0 Å². The fourth-order valence-corrected chi connectivity index (χ4v) is 2.37. The second-order valence-corrected chi connectivity index (χ2v) is 5.35. The zero-order valence-electron chi connectivity index (χ0n) is 11.3. The fourth-order valence-electron chi connectivity index (χ4n) is 1.79. The van der Waals surface area contributed by atoms with Gasteiger partial charge in [-0.3, -0.25) is 14.9 Å². The van der Waals surface area contributed by atoms with Crippen LogP contribution in [-0.4, -0.2) is 36.3 Å². The van der Waals surface area contributed by atoms with Gasteiger partial charge in [0.25, 0.3) is 5.69 Å². The average molecular weight is 282 g/mol. The molecule has 0 saturated heterocycles. The molecular formula is C13H18N2O3S. The summed E-state index contributed by atoms with van der Waals surface area (Å²) < 4.78 is 0. The van der Waals surface area contributed by atoms with E-state index in [4.69, 9.17) is 0 Å². The topological polar surface area (TPSA) is 63.4 Å². The Bertz CT molecular complexity index is 465. The SMILES string of the molecule is CSCCC(C)N(C)c1ccc([N+](=O)[O-])cc1C=O. The number of non-ortho nitro benzene ring substituents is 1. The van der Waals surface area contributed by atoms with Crippen LogP contribution in [0, 0.1) is 10.1 Å². The Hall–Kier alpha value is -1.56. The molecule has 1 aromatic carbocycles. The molecule has 5 nitrogen and oxygen atoms in total. The Kier molecular flexibility index (Phi) is 5.82. The number of hydrogen-bond acceptors (Lipinski definition) is 5. The summed E-state index contributed by atoms with van der Waals surface area (Å²) in [6.07, 6.45) is 3.71. The van der Waals surface area contributed by atoms with Crippen LogP contribution in [0.1, 0.15) is 23.7 Å². The van der Waals surface area contributed by atoms with Crippen LogP contribution in [0.3, 0.4) is 0 Å². The van der Waals surface area contributed by atoms with Crippen molar-refractivity contribution in [3.63, 3.8) is 0 Å². The van der Waals surface area contributed by atoms with Crippen molar-refractivity contribution in [1.82, 2.24) is 0 Å². The van der Waals surface area contributed by atoms with Gasteiger partial charge >= 0.3 is 0 Å². The van der Waals surface area contributed by atoms with E-state index in [1.165, 1.54) is 12.1 Å². The molecule has 0 aliphatic carbocycles. The quantitative estimate of drug-likeness (QED) is 0.437. The number of benzene rings is 1. The number of anilines is 1. The summed E-state index contributed by atoms with van der Waals surface area (Å²) in [7, 11) is 1.90. The maximum Gasteiger partial charge on any atom is 0.270 e. The van der Waals surface area contributed by atoms with Gasteiger partial charge < -0.3 is 4.90 Å². The number of hydrogen-bond donors (Lipinski definition) is 0. The highest BCUT2D eigenvalue weighted by atomic mass is 32.2. The standard InChI is InChI=1S/C13H18N2O3S/c1-10(6-7-19-3)14(2)13-5-4-12(15(17)18)8-11(13)9-16/h4-5,8-10H,6-7H2,1-3H3. The third-order valence-corrected chi connectivity index (χ3v) is 3.77. The summed E-state index contributed by atoms with van der Waals surface area (Å²) in [6.45, 7) is 2.08. The molecule has 1 atom stereocenters. The normalized spacial score (nSPS) is 11.9. The maximum absolute atomic E-state index is 11.1. The van der Waals surface area contributed by atoms with Crippen LogP contribution in [0.15, 0.2) is 18.2 Å². The molecule has 0 fully saturated rings. The second kappa shape index (κ2) is 7.13. The zero-order chi connectivity index (χ0) is 14.4. The Morgan fingerprint density at radius 3 is 2.74 bits per heavy atom. The van der Waals surface area contributed by atoms with E-state index in [0.717, 1.165) is 17.9 Å². The number of aldehydes is 1. The Morgan fingerprint density at radius 2 is 2.21 bits per heavy atom. The first-order chi connectivity index (χ1) is 9.01. The van der Waals surface area contributed by atoms with Gasteiger partial charge in [-0.2, -0.15) is 11.8 Å². The largest absolute Gasteiger partial charge is 0.371 e. The van der Waals surface area contributed by atoms with E-state index in [1.54, 1.807) is 17.8 Å². The minimum absolute atomic E-state index is 0.0592. The van der Waals surface area contributed by atoms with Gasteiger partial charge in [0, 0.05) is 36.5 Å². The molecule has 0 spiro atoms. The maximum atomic E-state index is 11.1. The van der Waals surface area contributed by atoms with E-state index in [9.17, 15) is 14.9 Å². The average Bonchev–Trinajstić information content (AvgIpc) is 2.42. The smallest absolute Gasteiger partial charge is 0.270 e. The summed E-state index contributed by atoms with van der Waals surface area (Å²) in [5.74, 6) is 1.04. The van der Waals surface area contributed by atoms with Gasteiger partial charge in [0.15, 0.2) is 6.29 Å². The summed E-state index contributed by atoms with van der Waals surface area (Å²) in [5.41, 5.74) is 1.03. The third-order valence-electron chi connectivity index (χ3n) is 3.13. The molecule has 6 heteroatoms. The van der Waals surface area contributed by atoms with Crippen LogP contribution in [0.25, 0.3) is 0 Å². The first-order valence-corrected chi connectivity index (χ1v) is 7.36. The summed E-state index contributed by atoms with van der Waals surface area (Å²) in [5, 5.41) is 10.7. The molecule has 1 rings (SSSR count). The van der Waals surface area contributed by atoms with Crippen molar-refractivity contribution in [1.29, 1.82) is 0 Å². The number of rotatable bonds is 7. The van der Waals surface area contributed by atoms with Gasteiger partial charge in [-0.15, -0.1) is 0 Å². The van der Waals surface area contributed by atoms with Crippen molar-refractivity contribution in [2.24, 2.45) is 0 Å². The van der Waals surface area contributed by atoms with Crippen LogP contribution in [0.4, 0.5) is 11.4 Å². The van der Waals surface area contributed by atoms with Crippen molar-refractivity contribution < 1.29 is 9.72 Å². The van der Waals surface area contributed by atoms with E-state index in [0.29, 0.717) is 11.8 Å². The molecule has 0 aliphatic rings. The van der Waals surface area contributed by atoms with Gasteiger partial charge in [0.1, 0.15) is 0 Å². The molecule has 0 N–H and O–H groups in total. The Morgan fingerprint density at radius 1 is 1.53 bits per heavy atom. The van der Waals surface area contributed by atoms with Crippen LogP contribution >= 0.6 is 11.8 Å². The molecule has 19 heavy (non-hydrogen) atoms. The van der Waals surface area contributed by atoms with E-state index in [-0.39, 0.29) is 11.7 Å². The molecule has 0 aliphatic heterocycles. The molecule has 0 saturated carbocycles. The van der Waals surface area contributed by atoms with Crippen molar-refractivity contribution in [3.05, 3.63) is 33.9 Å². The molecule has 1 aromatic rings. The number of carbonyl (C=O) groups excluding carboxylic acids is 1. The molecular weight excluding hydrogens is 264 g/mol. The monoisotopic (exact) mass is 282 g/mol. The van der Waals surface area contributed by atoms with Crippen LogP contribution < -0.4 is 4.90 Å². The molecule has 0 radical (unpaired) electrons. The van der Waals surface area contributed by atoms with Crippen molar-refractivity contribution >= 4 is 29.4 Å². The summed E-state index contributed by atoms with van der Waals surface area (Å²) in [4.78, 5) is 23.3. The minimum Gasteiger partial charge on any atom is -0.371 e.